The summed E-state index contributed by atoms with van der Waals surface area (Å²) in [5.41, 5.74) is 7.00. The Morgan fingerprint density at radius 3 is 2.62 bits per heavy atom. The normalized spacial score (nSPS) is 25.8. The van der Waals surface area contributed by atoms with Crippen molar-refractivity contribution in [2.45, 2.75) is 76.9 Å². The topological polar surface area (TPSA) is 101 Å². The van der Waals surface area contributed by atoms with E-state index in [9.17, 15) is 9.90 Å². The summed E-state index contributed by atoms with van der Waals surface area (Å²) in [6.45, 7) is 2.21. The maximum absolute atomic E-state index is 11.7. The minimum Gasteiger partial charge on any atom is -0.393 e. The summed E-state index contributed by atoms with van der Waals surface area (Å²) in [6, 6.07) is 0.282. The first kappa shape index (κ1) is 17.1. The number of nitrogens with one attached hydrogen (secondary N) is 1. The van der Waals surface area contributed by atoms with Gasteiger partial charge in [0.15, 0.2) is 0 Å². The Balaban J connectivity index is 1.76. The molecular weight excluding hydrogens is 304 g/mol. The number of aliphatic hydroxyl groups is 1. The molecule has 0 spiro atoms. The maximum Gasteiger partial charge on any atom is 0.252 e. The lowest BCUT2D eigenvalue weighted by atomic mass is 9.64. The smallest absolute Gasteiger partial charge is 0.252 e. The predicted octanol–water partition coefficient (Wildman–Crippen LogP) is 2.41. The van der Waals surface area contributed by atoms with Crippen LogP contribution in [0.1, 0.15) is 74.3 Å². The molecule has 1 aromatic heterocycles. The van der Waals surface area contributed by atoms with E-state index in [-0.39, 0.29) is 17.6 Å². The van der Waals surface area contributed by atoms with Crippen molar-refractivity contribution >= 4 is 11.9 Å². The molecule has 0 aromatic carbocycles. The van der Waals surface area contributed by atoms with Gasteiger partial charge in [-0.2, -0.15) is 0 Å². The van der Waals surface area contributed by atoms with E-state index in [4.69, 9.17) is 5.73 Å². The number of carbonyl (C=O) groups is 1. The van der Waals surface area contributed by atoms with Gasteiger partial charge in [-0.3, -0.25) is 4.79 Å². The Labute approximate surface area is 143 Å². The van der Waals surface area contributed by atoms with Crippen molar-refractivity contribution in [1.82, 2.24) is 9.97 Å². The zero-order valence-electron chi connectivity index (χ0n) is 14.4. The highest BCUT2D eigenvalue weighted by Crippen LogP contribution is 2.46. The molecule has 6 nitrogen and oxygen atoms in total. The summed E-state index contributed by atoms with van der Waals surface area (Å²) in [5.74, 6) is 0.116. The minimum atomic E-state index is -0.456. The van der Waals surface area contributed by atoms with Gasteiger partial charge in [-0.25, -0.2) is 9.97 Å². The van der Waals surface area contributed by atoms with Crippen molar-refractivity contribution in [2.24, 2.45) is 11.1 Å². The van der Waals surface area contributed by atoms with Gasteiger partial charge >= 0.3 is 0 Å². The molecule has 3 rings (SSSR count). The van der Waals surface area contributed by atoms with E-state index in [1.165, 1.54) is 19.3 Å². The average Bonchev–Trinajstić information content (AvgIpc) is 2.53. The second-order valence-electron chi connectivity index (χ2n) is 7.45. The van der Waals surface area contributed by atoms with Gasteiger partial charge in [-0.05, 0) is 50.4 Å². The third kappa shape index (κ3) is 3.69. The van der Waals surface area contributed by atoms with Crippen molar-refractivity contribution < 1.29 is 9.90 Å². The third-order valence-electron chi connectivity index (χ3n) is 5.87. The number of anilines is 1. The Morgan fingerprint density at radius 1 is 1.38 bits per heavy atom. The fourth-order valence-corrected chi connectivity index (χ4v) is 3.92. The summed E-state index contributed by atoms with van der Waals surface area (Å²) in [4.78, 5) is 20.7. The fourth-order valence-electron chi connectivity index (χ4n) is 3.92. The highest BCUT2D eigenvalue weighted by molar-refractivity contribution is 5.93. The second-order valence-corrected chi connectivity index (χ2v) is 7.45. The van der Waals surface area contributed by atoms with Gasteiger partial charge in [0, 0.05) is 12.2 Å². The minimum absolute atomic E-state index is 0.181. The molecule has 2 saturated carbocycles. The summed E-state index contributed by atoms with van der Waals surface area (Å²) >= 11 is 0. The summed E-state index contributed by atoms with van der Waals surface area (Å²) in [6.07, 6.45) is 10.3. The molecular formula is C18H28N4O2. The van der Waals surface area contributed by atoms with Crippen LogP contribution in [0.25, 0.3) is 0 Å². The summed E-state index contributed by atoms with van der Waals surface area (Å²) in [5, 5.41) is 13.0. The Bertz CT molecular complexity index is 587. The predicted molar refractivity (Wildman–Crippen MR) is 92.7 cm³/mol. The van der Waals surface area contributed by atoms with E-state index < -0.39 is 5.91 Å². The van der Waals surface area contributed by atoms with Crippen LogP contribution in [0.2, 0.25) is 0 Å². The molecule has 4 N–H and O–H groups in total. The lowest BCUT2D eigenvalue weighted by Crippen LogP contribution is -2.33. The monoisotopic (exact) mass is 332 g/mol. The van der Waals surface area contributed by atoms with Crippen LogP contribution in [-0.2, 0) is 6.42 Å². The van der Waals surface area contributed by atoms with Crippen molar-refractivity contribution in [3.8, 4) is 0 Å². The van der Waals surface area contributed by atoms with Crippen LogP contribution in [0.15, 0.2) is 6.20 Å². The van der Waals surface area contributed by atoms with E-state index in [1.807, 2.05) is 0 Å². The van der Waals surface area contributed by atoms with Crippen LogP contribution in [0.4, 0.5) is 5.95 Å². The van der Waals surface area contributed by atoms with Gasteiger partial charge in [0.25, 0.3) is 5.91 Å². The van der Waals surface area contributed by atoms with Gasteiger partial charge in [-0.15, -0.1) is 0 Å². The van der Waals surface area contributed by atoms with Gasteiger partial charge in [0.2, 0.25) is 5.95 Å². The fraction of sp³-hybridized carbons (Fsp3) is 0.722. The Kier molecular flexibility index (Phi) is 5.04. The molecule has 0 aliphatic heterocycles. The number of carbonyl (C=O) groups excluding carboxylic acids is 1. The first-order valence-electron chi connectivity index (χ1n) is 9.12. The number of hydrogen-bond acceptors (Lipinski definition) is 5. The standard InChI is InChI=1S/C18H28N4O2/c1-2-18(8-3-9-18)10-15-14(16(19)24)11-20-17(22-15)21-12-4-6-13(23)7-5-12/h11-13,23H,2-10H2,1H3,(H2,19,24)(H,20,21,22). The lowest BCUT2D eigenvalue weighted by Gasteiger charge is -2.41. The van der Waals surface area contributed by atoms with Crippen molar-refractivity contribution in [1.29, 1.82) is 0 Å². The molecule has 132 valence electrons. The number of rotatable bonds is 6. The number of primary amides is 1. The molecule has 6 heteroatoms. The number of hydrogen-bond donors (Lipinski definition) is 3. The largest absolute Gasteiger partial charge is 0.393 e. The number of aliphatic hydroxyl groups excluding tert-OH is 1. The van der Waals surface area contributed by atoms with Crippen molar-refractivity contribution in [3.05, 3.63) is 17.5 Å². The summed E-state index contributed by atoms with van der Waals surface area (Å²) < 4.78 is 0. The van der Waals surface area contributed by atoms with Gasteiger partial charge in [-0.1, -0.05) is 19.8 Å². The Hall–Kier alpha value is -1.69. The van der Waals surface area contributed by atoms with Crippen LogP contribution < -0.4 is 11.1 Å². The van der Waals surface area contributed by atoms with Crippen LogP contribution >= 0.6 is 0 Å². The second kappa shape index (κ2) is 7.05. The highest BCUT2D eigenvalue weighted by atomic mass is 16.3. The third-order valence-corrected chi connectivity index (χ3v) is 5.87. The summed E-state index contributed by atoms with van der Waals surface area (Å²) in [7, 11) is 0. The molecule has 1 aromatic rings. The molecule has 1 amide bonds. The lowest BCUT2D eigenvalue weighted by molar-refractivity contribution is 0.0991. The van der Waals surface area contributed by atoms with Gasteiger partial charge in [0.05, 0.1) is 17.4 Å². The molecule has 0 radical (unpaired) electrons. The average molecular weight is 332 g/mol. The molecule has 2 fully saturated rings. The number of nitrogens with two attached hydrogens (primary N) is 1. The first-order valence-corrected chi connectivity index (χ1v) is 9.12. The number of nitrogens with zero attached hydrogens (tertiary/aromatic N) is 2. The van der Waals surface area contributed by atoms with Crippen molar-refractivity contribution in [3.63, 3.8) is 0 Å². The van der Waals surface area contributed by atoms with Crippen LogP contribution in [0.5, 0.6) is 0 Å². The van der Waals surface area contributed by atoms with Crippen molar-refractivity contribution in [2.75, 3.05) is 5.32 Å². The van der Waals surface area contributed by atoms with E-state index in [1.54, 1.807) is 6.20 Å². The molecule has 0 unspecified atom stereocenters. The van der Waals surface area contributed by atoms with Crippen LogP contribution in [0.3, 0.4) is 0 Å². The zero-order chi connectivity index (χ0) is 17.2. The van der Waals surface area contributed by atoms with E-state index in [2.05, 4.69) is 22.2 Å². The van der Waals surface area contributed by atoms with Gasteiger partial charge in [0.1, 0.15) is 0 Å². The van der Waals surface area contributed by atoms with E-state index in [0.717, 1.165) is 44.2 Å². The molecule has 0 bridgehead atoms. The molecule has 1 heterocycles. The molecule has 0 saturated heterocycles. The van der Waals surface area contributed by atoms with Gasteiger partial charge < -0.3 is 16.2 Å². The molecule has 2 aliphatic rings. The van der Waals surface area contributed by atoms with Crippen LogP contribution in [-0.4, -0.2) is 33.1 Å². The Morgan fingerprint density at radius 2 is 2.08 bits per heavy atom. The molecule has 24 heavy (non-hydrogen) atoms. The first-order chi connectivity index (χ1) is 11.5. The highest BCUT2D eigenvalue weighted by Gasteiger charge is 2.36. The maximum atomic E-state index is 11.7. The van der Waals surface area contributed by atoms with Crippen LogP contribution in [0, 0.1) is 5.41 Å². The molecule has 2 aliphatic carbocycles. The van der Waals surface area contributed by atoms with E-state index in [0.29, 0.717) is 11.5 Å². The zero-order valence-corrected chi connectivity index (χ0v) is 14.4. The number of amides is 1. The number of aromatic nitrogens is 2. The quantitative estimate of drug-likeness (QED) is 0.742. The van der Waals surface area contributed by atoms with E-state index >= 15 is 0 Å². The SMILES string of the molecule is CCC1(Cc2nc(NC3CCC(O)CC3)ncc2C(N)=O)CCC1. The molecule has 0 atom stereocenters.